The smallest absolute Gasteiger partial charge is 0.0270 e. The first-order valence-electron chi connectivity index (χ1n) is 6.35. The van der Waals surface area contributed by atoms with Crippen LogP contribution in [0.15, 0.2) is 24.5 Å². The second kappa shape index (κ2) is 5.58. The molecule has 94 valence electrons. The van der Waals surface area contributed by atoms with Gasteiger partial charge in [0.25, 0.3) is 0 Å². The molecule has 1 aliphatic rings. The van der Waals surface area contributed by atoms with Crippen LogP contribution in [-0.4, -0.2) is 31.2 Å². The van der Waals surface area contributed by atoms with Crippen LogP contribution in [0.1, 0.15) is 18.4 Å². The van der Waals surface area contributed by atoms with E-state index in [1.807, 2.05) is 12.4 Å². The van der Waals surface area contributed by atoms with Gasteiger partial charge in [0.2, 0.25) is 0 Å². The third kappa shape index (κ3) is 2.34. The molecule has 0 unspecified atom stereocenters. The first kappa shape index (κ1) is 12.5. The molecule has 0 bridgehead atoms. The maximum absolute atomic E-state index is 6.06. The average Bonchev–Trinajstić information content (AvgIpc) is 2.43. The van der Waals surface area contributed by atoms with Crippen molar-refractivity contribution in [1.82, 2.24) is 10.3 Å². The summed E-state index contributed by atoms with van der Waals surface area (Å²) in [5.74, 6) is 0.571. The Morgan fingerprint density at radius 3 is 2.29 bits per heavy atom. The number of nitrogens with one attached hydrogen (secondary N) is 1. The van der Waals surface area contributed by atoms with E-state index in [4.69, 9.17) is 11.5 Å². The quantitative estimate of drug-likeness (QED) is 0.697. The fraction of sp³-hybridized carbons (Fsp3) is 0.615. The van der Waals surface area contributed by atoms with E-state index < -0.39 is 0 Å². The summed E-state index contributed by atoms with van der Waals surface area (Å²) in [5.41, 5.74) is 13.3. The molecular weight excluding hydrogens is 212 g/mol. The molecule has 0 amide bonds. The number of rotatable bonds is 4. The average molecular weight is 234 g/mol. The molecule has 1 aliphatic heterocycles. The summed E-state index contributed by atoms with van der Waals surface area (Å²) in [4.78, 5) is 4.08. The predicted molar refractivity (Wildman–Crippen MR) is 69.6 cm³/mol. The van der Waals surface area contributed by atoms with Crippen LogP contribution in [0.25, 0.3) is 0 Å². The van der Waals surface area contributed by atoms with E-state index in [2.05, 4.69) is 22.4 Å². The lowest BCUT2D eigenvalue weighted by Gasteiger charge is -2.42. The molecule has 0 atom stereocenters. The van der Waals surface area contributed by atoms with Crippen LogP contribution >= 0.6 is 0 Å². The number of hydrogen-bond acceptors (Lipinski definition) is 4. The highest BCUT2D eigenvalue weighted by Gasteiger charge is 2.38. The number of hydrogen-bond donors (Lipinski definition) is 3. The van der Waals surface area contributed by atoms with Gasteiger partial charge in [0.1, 0.15) is 0 Å². The highest BCUT2D eigenvalue weighted by molar-refractivity contribution is 5.26. The maximum Gasteiger partial charge on any atom is 0.0270 e. The Kier molecular flexibility index (Phi) is 4.10. The Balaban J connectivity index is 2.30. The van der Waals surface area contributed by atoms with E-state index in [1.54, 1.807) is 0 Å². The van der Waals surface area contributed by atoms with Gasteiger partial charge in [-0.3, -0.25) is 4.98 Å². The zero-order valence-electron chi connectivity index (χ0n) is 10.2. The molecule has 1 aromatic rings. The van der Waals surface area contributed by atoms with Crippen LogP contribution in [0.2, 0.25) is 0 Å². The molecule has 1 fully saturated rings. The molecule has 2 heterocycles. The Morgan fingerprint density at radius 1 is 1.18 bits per heavy atom. The van der Waals surface area contributed by atoms with Crippen molar-refractivity contribution in [3.05, 3.63) is 30.1 Å². The van der Waals surface area contributed by atoms with Crippen LogP contribution in [0.4, 0.5) is 0 Å². The van der Waals surface area contributed by atoms with Crippen molar-refractivity contribution >= 4 is 0 Å². The summed E-state index contributed by atoms with van der Waals surface area (Å²) < 4.78 is 0. The highest BCUT2D eigenvalue weighted by atomic mass is 14.9. The van der Waals surface area contributed by atoms with Crippen LogP contribution < -0.4 is 16.8 Å². The van der Waals surface area contributed by atoms with E-state index in [9.17, 15) is 0 Å². The third-order valence-corrected chi connectivity index (χ3v) is 4.10. The topological polar surface area (TPSA) is 77.0 Å². The van der Waals surface area contributed by atoms with Crippen LogP contribution in [0.3, 0.4) is 0 Å². The van der Waals surface area contributed by atoms with Gasteiger partial charge in [0.05, 0.1) is 0 Å². The number of piperidine rings is 1. The number of nitrogens with two attached hydrogens (primary N) is 2. The Hall–Kier alpha value is -0.970. The lowest BCUT2D eigenvalue weighted by Crippen LogP contribution is -2.51. The number of aromatic nitrogens is 1. The van der Waals surface area contributed by atoms with Gasteiger partial charge in [0, 0.05) is 30.9 Å². The van der Waals surface area contributed by atoms with Gasteiger partial charge in [-0.15, -0.1) is 0 Å². The van der Waals surface area contributed by atoms with Crippen LogP contribution in [0.5, 0.6) is 0 Å². The first-order valence-corrected chi connectivity index (χ1v) is 6.35. The van der Waals surface area contributed by atoms with E-state index >= 15 is 0 Å². The van der Waals surface area contributed by atoms with E-state index in [1.165, 1.54) is 5.56 Å². The third-order valence-electron chi connectivity index (χ3n) is 4.10. The van der Waals surface area contributed by atoms with Gasteiger partial charge in [-0.2, -0.15) is 0 Å². The fourth-order valence-corrected chi connectivity index (χ4v) is 2.95. The zero-order valence-corrected chi connectivity index (χ0v) is 10.2. The van der Waals surface area contributed by atoms with Gasteiger partial charge in [-0.25, -0.2) is 0 Å². The summed E-state index contributed by atoms with van der Waals surface area (Å²) in [6, 6.07) is 4.11. The van der Waals surface area contributed by atoms with Gasteiger partial charge in [-0.1, -0.05) is 0 Å². The second-order valence-corrected chi connectivity index (χ2v) is 4.82. The summed E-state index contributed by atoms with van der Waals surface area (Å²) in [5, 5.41) is 3.39. The molecule has 0 aromatic carbocycles. The van der Waals surface area contributed by atoms with Gasteiger partial charge in [-0.05, 0) is 49.5 Å². The van der Waals surface area contributed by atoms with E-state index in [-0.39, 0.29) is 5.41 Å². The Morgan fingerprint density at radius 2 is 1.76 bits per heavy atom. The lowest BCUT2D eigenvalue weighted by atomic mass is 9.67. The molecule has 1 saturated heterocycles. The molecule has 2 rings (SSSR count). The molecule has 1 aromatic heterocycles. The SMILES string of the molecule is NCC(CN)(c1ccncc1)C1CCNCC1. The van der Waals surface area contributed by atoms with E-state index in [0.29, 0.717) is 19.0 Å². The second-order valence-electron chi connectivity index (χ2n) is 4.82. The molecular formula is C13H22N4. The first-order chi connectivity index (χ1) is 8.33. The largest absolute Gasteiger partial charge is 0.330 e. The zero-order chi connectivity index (χ0) is 12.1. The van der Waals surface area contributed by atoms with Crippen molar-refractivity contribution in [2.45, 2.75) is 18.3 Å². The Labute approximate surface area is 103 Å². The summed E-state index contributed by atoms with van der Waals surface area (Å²) in [6.07, 6.45) is 5.96. The molecule has 0 saturated carbocycles. The van der Waals surface area contributed by atoms with E-state index in [0.717, 1.165) is 25.9 Å². The fourth-order valence-electron chi connectivity index (χ4n) is 2.95. The molecule has 4 heteroatoms. The van der Waals surface area contributed by atoms with Crippen molar-refractivity contribution < 1.29 is 0 Å². The minimum Gasteiger partial charge on any atom is -0.330 e. The minimum atomic E-state index is -0.0783. The lowest BCUT2D eigenvalue weighted by molar-refractivity contribution is 0.222. The number of nitrogens with zero attached hydrogens (tertiary/aromatic N) is 1. The Bertz CT molecular complexity index is 329. The normalized spacial score (nSPS) is 18.2. The predicted octanol–water partition coefficient (Wildman–Crippen LogP) is 0.236. The standard InChI is InChI=1S/C13H22N4/c14-9-13(10-15,11-1-5-16-6-2-11)12-3-7-17-8-4-12/h1-2,5-6,12,17H,3-4,7-10,14-15H2. The molecule has 0 spiro atoms. The van der Waals surface area contributed by atoms with Gasteiger partial charge in [0.15, 0.2) is 0 Å². The van der Waals surface area contributed by atoms with Crippen LogP contribution in [0, 0.1) is 5.92 Å². The van der Waals surface area contributed by atoms with Gasteiger partial charge >= 0.3 is 0 Å². The summed E-state index contributed by atoms with van der Waals surface area (Å²) >= 11 is 0. The highest BCUT2D eigenvalue weighted by Crippen LogP contribution is 2.35. The van der Waals surface area contributed by atoms with Gasteiger partial charge < -0.3 is 16.8 Å². The molecule has 0 aliphatic carbocycles. The van der Waals surface area contributed by atoms with Crippen LogP contribution in [-0.2, 0) is 5.41 Å². The monoisotopic (exact) mass is 234 g/mol. The minimum absolute atomic E-state index is 0.0783. The molecule has 0 radical (unpaired) electrons. The van der Waals surface area contributed by atoms with Crippen molar-refractivity contribution in [2.75, 3.05) is 26.2 Å². The molecule has 17 heavy (non-hydrogen) atoms. The summed E-state index contributed by atoms with van der Waals surface area (Å²) in [6.45, 7) is 3.35. The molecule has 5 N–H and O–H groups in total. The van der Waals surface area contributed by atoms with Crippen molar-refractivity contribution in [2.24, 2.45) is 17.4 Å². The summed E-state index contributed by atoms with van der Waals surface area (Å²) in [7, 11) is 0. The number of pyridine rings is 1. The maximum atomic E-state index is 6.06. The van der Waals surface area contributed by atoms with Crippen molar-refractivity contribution in [3.63, 3.8) is 0 Å². The van der Waals surface area contributed by atoms with Crippen molar-refractivity contribution in [3.8, 4) is 0 Å². The molecule has 4 nitrogen and oxygen atoms in total. The van der Waals surface area contributed by atoms with Crippen molar-refractivity contribution in [1.29, 1.82) is 0 Å².